The molecule has 1 amide bonds. The number of aryl methyl sites for hydroxylation is 1. The van der Waals surface area contributed by atoms with Crippen LogP contribution in [-0.2, 0) is 6.54 Å². The lowest BCUT2D eigenvalue weighted by Crippen LogP contribution is -2.27. The minimum atomic E-state index is -0.0938. The molecule has 0 fully saturated rings. The van der Waals surface area contributed by atoms with E-state index in [0.29, 0.717) is 17.3 Å². The third-order valence-electron chi connectivity index (χ3n) is 2.76. The van der Waals surface area contributed by atoms with Gasteiger partial charge in [-0.15, -0.1) is 0 Å². The quantitative estimate of drug-likeness (QED) is 0.860. The van der Waals surface area contributed by atoms with Crippen molar-refractivity contribution in [2.45, 2.75) is 13.5 Å². The molecule has 0 atom stereocenters. The maximum absolute atomic E-state index is 12.2. The molecule has 0 aliphatic heterocycles. The van der Waals surface area contributed by atoms with Crippen LogP contribution in [0, 0.1) is 6.92 Å². The van der Waals surface area contributed by atoms with Gasteiger partial charge in [-0.3, -0.25) is 4.79 Å². The Morgan fingerprint density at radius 3 is 2.68 bits per heavy atom. The summed E-state index contributed by atoms with van der Waals surface area (Å²) in [5.74, 6) is -0.0938. The summed E-state index contributed by atoms with van der Waals surface area (Å²) in [5, 5.41) is 0.673. The lowest BCUT2D eigenvalue weighted by atomic mass is 10.2. The summed E-state index contributed by atoms with van der Waals surface area (Å²) >= 11 is 5.93. The lowest BCUT2D eigenvalue weighted by Gasteiger charge is -2.17. The van der Waals surface area contributed by atoms with E-state index in [2.05, 4.69) is 4.98 Å². The Labute approximate surface area is 117 Å². The zero-order chi connectivity index (χ0) is 13.8. The van der Waals surface area contributed by atoms with Crippen LogP contribution >= 0.6 is 11.6 Å². The van der Waals surface area contributed by atoms with E-state index in [4.69, 9.17) is 11.6 Å². The number of amides is 1. The zero-order valence-corrected chi connectivity index (χ0v) is 11.7. The lowest BCUT2D eigenvalue weighted by molar-refractivity contribution is 0.0779. The average molecular weight is 275 g/mol. The highest BCUT2D eigenvalue weighted by Crippen LogP contribution is 2.13. The molecule has 0 saturated heterocycles. The molecule has 0 spiro atoms. The number of pyridine rings is 1. The number of carbonyl (C=O) groups excluding carboxylic acids is 1. The van der Waals surface area contributed by atoms with Crippen molar-refractivity contribution in [3.8, 4) is 0 Å². The summed E-state index contributed by atoms with van der Waals surface area (Å²) in [5.41, 5.74) is 2.29. The van der Waals surface area contributed by atoms with Crippen molar-refractivity contribution in [3.05, 3.63) is 64.4 Å². The Morgan fingerprint density at radius 2 is 2.00 bits per heavy atom. The predicted molar refractivity (Wildman–Crippen MR) is 76.2 cm³/mol. The molecular weight excluding hydrogens is 260 g/mol. The highest BCUT2D eigenvalue weighted by atomic mass is 35.5. The minimum absolute atomic E-state index is 0.0938. The van der Waals surface area contributed by atoms with E-state index in [0.717, 1.165) is 11.3 Å². The Hall–Kier alpha value is -1.87. The first kappa shape index (κ1) is 13.6. The molecule has 19 heavy (non-hydrogen) atoms. The number of hydrogen-bond donors (Lipinski definition) is 0. The summed E-state index contributed by atoms with van der Waals surface area (Å²) in [7, 11) is 1.76. The van der Waals surface area contributed by atoms with Gasteiger partial charge in [0.15, 0.2) is 0 Å². The highest BCUT2D eigenvalue weighted by molar-refractivity contribution is 6.30. The van der Waals surface area contributed by atoms with E-state index >= 15 is 0 Å². The number of nitrogens with zero attached hydrogens (tertiary/aromatic N) is 2. The number of carbonyl (C=O) groups is 1. The van der Waals surface area contributed by atoms with Gasteiger partial charge >= 0.3 is 0 Å². The van der Waals surface area contributed by atoms with Crippen molar-refractivity contribution in [1.29, 1.82) is 0 Å². The first-order chi connectivity index (χ1) is 9.06. The second-order valence-electron chi connectivity index (χ2n) is 4.46. The molecule has 0 aliphatic carbocycles. The van der Waals surface area contributed by atoms with Gasteiger partial charge in [0.05, 0.1) is 0 Å². The first-order valence-corrected chi connectivity index (χ1v) is 6.37. The molecule has 98 valence electrons. The number of aromatic nitrogens is 1. The second kappa shape index (κ2) is 5.85. The average Bonchev–Trinajstić information content (AvgIpc) is 2.38. The molecule has 0 aliphatic rings. The Balaban J connectivity index is 2.12. The van der Waals surface area contributed by atoms with Crippen molar-refractivity contribution in [2.24, 2.45) is 0 Å². The molecule has 1 heterocycles. The van der Waals surface area contributed by atoms with Crippen LogP contribution < -0.4 is 0 Å². The largest absolute Gasteiger partial charge is 0.336 e. The molecule has 1 aromatic heterocycles. The van der Waals surface area contributed by atoms with Crippen LogP contribution in [0.2, 0.25) is 5.02 Å². The maximum atomic E-state index is 12.2. The van der Waals surface area contributed by atoms with E-state index in [1.165, 1.54) is 0 Å². The van der Waals surface area contributed by atoms with Crippen LogP contribution in [0.3, 0.4) is 0 Å². The Bertz CT molecular complexity index is 598. The van der Waals surface area contributed by atoms with Crippen molar-refractivity contribution >= 4 is 17.5 Å². The molecule has 2 aromatic rings. The van der Waals surface area contributed by atoms with Gasteiger partial charge in [0.2, 0.25) is 0 Å². The van der Waals surface area contributed by atoms with Crippen LogP contribution in [0.4, 0.5) is 0 Å². The van der Waals surface area contributed by atoms with E-state index in [1.807, 2.05) is 43.3 Å². The predicted octanol–water partition coefficient (Wildman–Crippen LogP) is 3.32. The molecule has 0 bridgehead atoms. The fourth-order valence-corrected chi connectivity index (χ4v) is 2.05. The smallest absolute Gasteiger partial charge is 0.272 e. The van der Waals surface area contributed by atoms with Crippen molar-refractivity contribution in [2.75, 3.05) is 7.05 Å². The summed E-state index contributed by atoms with van der Waals surface area (Å²) in [6.07, 6.45) is 0. The van der Waals surface area contributed by atoms with E-state index in [-0.39, 0.29) is 5.91 Å². The van der Waals surface area contributed by atoms with Crippen molar-refractivity contribution < 1.29 is 4.79 Å². The van der Waals surface area contributed by atoms with E-state index in [1.54, 1.807) is 18.0 Å². The van der Waals surface area contributed by atoms with Crippen LogP contribution in [0.25, 0.3) is 0 Å². The summed E-state index contributed by atoms with van der Waals surface area (Å²) < 4.78 is 0. The normalized spacial score (nSPS) is 10.3. The van der Waals surface area contributed by atoms with Gasteiger partial charge in [0.25, 0.3) is 5.91 Å². The van der Waals surface area contributed by atoms with Gasteiger partial charge in [-0.1, -0.05) is 29.8 Å². The minimum Gasteiger partial charge on any atom is -0.336 e. The SMILES string of the molecule is Cc1cccc(C(=O)N(C)Cc2cccc(Cl)c2)n1. The number of benzene rings is 1. The third-order valence-corrected chi connectivity index (χ3v) is 3.00. The molecule has 2 rings (SSSR count). The van der Waals surface area contributed by atoms with Gasteiger partial charge in [-0.25, -0.2) is 4.98 Å². The van der Waals surface area contributed by atoms with Crippen molar-refractivity contribution in [3.63, 3.8) is 0 Å². The third kappa shape index (κ3) is 3.55. The first-order valence-electron chi connectivity index (χ1n) is 6.00. The number of halogens is 1. The molecule has 0 unspecified atom stereocenters. The molecule has 1 aromatic carbocycles. The van der Waals surface area contributed by atoms with Gasteiger partial charge in [-0.2, -0.15) is 0 Å². The standard InChI is InChI=1S/C15H15ClN2O/c1-11-5-3-8-14(17-11)15(19)18(2)10-12-6-4-7-13(16)9-12/h3-9H,10H2,1-2H3. The fraction of sp³-hybridized carbons (Fsp3) is 0.200. The monoisotopic (exact) mass is 274 g/mol. The van der Waals surface area contributed by atoms with Gasteiger partial charge in [-0.05, 0) is 36.8 Å². The van der Waals surface area contributed by atoms with Gasteiger partial charge in [0.1, 0.15) is 5.69 Å². The maximum Gasteiger partial charge on any atom is 0.272 e. The van der Waals surface area contributed by atoms with Crippen LogP contribution in [0.5, 0.6) is 0 Å². The van der Waals surface area contributed by atoms with E-state index < -0.39 is 0 Å². The summed E-state index contributed by atoms with van der Waals surface area (Å²) in [6.45, 7) is 2.38. The summed E-state index contributed by atoms with van der Waals surface area (Å²) in [4.78, 5) is 18.1. The van der Waals surface area contributed by atoms with Gasteiger partial charge < -0.3 is 4.90 Å². The number of hydrogen-bond acceptors (Lipinski definition) is 2. The van der Waals surface area contributed by atoms with Crippen LogP contribution in [0.15, 0.2) is 42.5 Å². The summed E-state index contributed by atoms with van der Waals surface area (Å²) in [6, 6.07) is 12.9. The Kier molecular flexibility index (Phi) is 4.17. The molecule has 0 saturated carbocycles. The van der Waals surface area contributed by atoms with E-state index in [9.17, 15) is 4.79 Å². The Morgan fingerprint density at radius 1 is 1.26 bits per heavy atom. The molecule has 4 heteroatoms. The molecule has 3 nitrogen and oxygen atoms in total. The topological polar surface area (TPSA) is 33.2 Å². The highest BCUT2D eigenvalue weighted by Gasteiger charge is 2.13. The van der Waals surface area contributed by atoms with Crippen LogP contribution in [-0.4, -0.2) is 22.8 Å². The molecular formula is C15H15ClN2O. The van der Waals surface area contributed by atoms with Gasteiger partial charge in [0, 0.05) is 24.3 Å². The van der Waals surface area contributed by atoms with Crippen LogP contribution in [0.1, 0.15) is 21.7 Å². The molecule has 0 N–H and O–H groups in total. The zero-order valence-electron chi connectivity index (χ0n) is 10.9. The molecule has 0 radical (unpaired) electrons. The number of rotatable bonds is 3. The second-order valence-corrected chi connectivity index (χ2v) is 4.89. The fourth-order valence-electron chi connectivity index (χ4n) is 1.84. The van der Waals surface area contributed by atoms with Crippen molar-refractivity contribution in [1.82, 2.24) is 9.88 Å².